The van der Waals surface area contributed by atoms with Gasteiger partial charge in [0.15, 0.2) is 11.8 Å². The number of aliphatic imine (C=N–C) groups is 1. The summed E-state index contributed by atoms with van der Waals surface area (Å²) in [5.74, 6) is 1.20. The zero-order valence-electron chi connectivity index (χ0n) is 7.57. The molecule has 70 valence electrons. The molecule has 3 N–H and O–H groups in total. The van der Waals surface area contributed by atoms with E-state index >= 15 is 0 Å². The Hall–Kier alpha value is -1.52. The molecule has 1 saturated carbocycles. The SMILES string of the molecule is Cn1ccc(NC(N)=NC2CC2)n1. The molecule has 2 rings (SSSR count). The van der Waals surface area contributed by atoms with Crippen LogP contribution in [-0.4, -0.2) is 21.8 Å². The first-order valence-corrected chi connectivity index (χ1v) is 4.34. The molecule has 0 amide bonds. The van der Waals surface area contributed by atoms with Gasteiger partial charge in [-0.3, -0.25) is 4.68 Å². The average molecular weight is 179 g/mol. The zero-order chi connectivity index (χ0) is 9.26. The van der Waals surface area contributed by atoms with E-state index in [4.69, 9.17) is 5.73 Å². The number of nitrogens with zero attached hydrogens (tertiary/aromatic N) is 3. The Morgan fingerprint density at radius 3 is 3.08 bits per heavy atom. The van der Waals surface area contributed by atoms with Crippen LogP contribution in [0.25, 0.3) is 0 Å². The summed E-state index contributed by atoms with van der Waals surface area (Å²) in [5.41, 5.74) is 5.65. The van der Waals surface area contributed by atoms with E-state index in [9.17, 15) is 0 Å². The van der Waals surface area contributed by atoms with Crippen LogP contribution in [0.2, 0.25) is 0 Å². The normalized spacial score (nSPS) is 17.5. The molecule has 13 heavy (non-hydrogen) atoms. The molecule has 5 nitrogen and oxygen atoms in total. The molecule has 0 atom stereocenters. The summed E-state index contributed by atoms with van der Waals surface area (Å²) in [7, 11) is 1.86. The predicted molar refractivity (Wildman–Crippen MR) is 51.5 cm³/mol. The molecule has 1 aromatic heterocycles. The lowest BCUT2D eigenvalue weighted by Gasteiger charge is -2.00. The van der Waals surface area contributed by atoms with Crippen LogP contribution < -0.4 is 11.1 Å². The minimum atomic E-state index is 0.441. The molecule has 0 saturated heterocycles. The van der Waals surface area contributed by atoms with Gasteiger partial charge in [-0.25, -0.2) is 4.99 Å². The molecule has 0 aliphatic heterocycles. The number of hydrogen-bond acceptors (Lipinski definition) is 2. The van der Waals surface area contributed by atoms with E-state index in [-0.39, 0.29) is 0 Å². The maximum atomic E-state index is 5.65. The molecule has 1 fully saturated rings. The number of nitrogens with one attached hydrogen (secondary N) is 1. The highest BCUT2D eigenvalue weighted by atomic mass is 15.3. The summed E-state index contributed by atoms with van der Waals surface area (Å²) >= 11 is 0. The van der Waals surface area contributed by atoms with Crippen LogP contribution >= 0.6 is 0 Å². The van der Waals surface area contributed by atoms with Gasteiger partial charge in [0.05, 0.1) is 6.04 Å². The van der Waals surface area contributed by atoms with Crippen LogP contribution in [0.5, 0.6) is 0 Å². The van der Waals surface area contributed by atoms with Crippen LogP contribution in [0.15, 0.2) is 17.3 Å². The summed E-state index contributed by atoms with van der Waals surface area (Å²) in [5, 5.41) is 7.05. The van der Waals surface area contributed by atoms with Crippen molar-refractivity contribution in [2.45, 2.75) is 18.9 Å². The van der Waals surface area contributed by atoms with Crippen LogP contribution in [0.1, 0.15) is 12.8 Å². The first kappa shape index (κ1) is 8.10. The second-order valence-electron chi connectivity index (χ2n) is 3.25. The number of aryl methyl sites for hydroxylation is 1. The first-order valence-electron chi connectivity index (χ1n) is 4.34. The van der Waals surface area contributed by atoms with Gasteiger partial charge in [0, 0.05) is 19.3 Å². The molecule has 5 heteroatoms. The minimum Gasteiger partial charge on any atom is -0.370 e. The van der Waals surface area contributed by atoms with Crippen molar-refractivity contribution in [3.63, 3.8) is 0 Å². The molecular formula is C8H13N5. The smallest absolute Gasteiger partial charge is 0.194 e. The number of hydrogen-bond donors (Lipinski definition) is 2. The maximum Gasteiger partial charge on any atom is 0.194 e. The molecule has 0 radical (unpaired) electrons. The van der Waals surface area contributed by atoms with E-state index < -0.39 is 0 Å². The summed E-state index contributed by atoms with van der Waals surface area (Å²) in [6.07, 6.45) is 4.17. The van der Waals surface area contributed by atoms with E-state index in [0.717, 1.165) is 18.7 Å². The number of guanidine groups is 1. The van der Waals surface area contributed by atoms with Crippen molar-refractivity contribution >= 4 is 11.8 Å². The molecule has 1 aliphatic rings. The van der Waals surface area contributed by atoms with E-state index in [1.807, 2.05) is 19.3 Å². The summed E-state index contributed by atoms with van der Waals surface area (Å²) in [6, 6.07) is 2.30. The van der Waals surface area contributed by atoms with Crippen molar-refractivity contribution in [2.24, 2.45) is 17.8 Å². The maximum absolute atomic E-state index is 5.65. The van der Waals surface area contributed by atoms with Crippen LogP contribution in [0, 0.1) is 0 Å². The standard InChI is InChI=1S/C8H13N5/c1-13-5-4-7(12-13)11-8(9)10-6-2-3-6/h4-6H,2-3H2,1H3,(H3,9,10,11,12). The van der Waals surface area contributed by atoms with Crippen molar-refractivity contribution in [1.29, 1.82) is 0 Å². The highest BCUT2D eigenvalue weighted by Gasteiger charge is 2.20. The van der Waals surface area contributed by atoms with E-state index in [0.29, 0.717) is 12.0 Å². The number of anilines is 1. The van der Waals surface area contributed by atoms with Gasteiger partial charge < -0.3 is 11.1 Å². The average Bonchev–Trinajstić information content (AvgIpc) is 2.76. The molecule has 1 aromatic rings. The van der Waals surface area contributed by atoms with Crippen molar-refractivity contribution in [2.75, 3.05) is 5.32 Å². The van der Waals surface area contributed by atoms with Crippen LogP contribution in [-0.2, 0) is 7.05 Å². The quantitative estimate of drug-likeness (QED) is 0.507. The van der Waals surface area contributed by atoms with Gasteiger partial charge in [-0.05, 0) is 12.8 Å². The first-order chi connectivity index (χ1) is 6.24. The summed E-state index contributed by atoms with van der Waals surface area (Å²) in [4.78, 5) is 4.23. The fraction of sp³-hybridized carbons (Fsp3) is 0.500. The Morgan fingerprint density at radius 2 is 2.54 bits per heavy atom. The number of nitrogens with two attached hydrogens (primary N) is 1. The monoisotopic (exact) mass is 179 g/mol. The summed E-state index contributed by atoms with van der Waals surface area (Å²) < 4.78 is 1.72. The molecule has 0 unspecified atom stereocenters. The molecule has 0 aromatic carbocycles. The largest absolute Gasteiger partial charge is 0.370 e. The molecular weight excluding hydrogens is 166 g/mol. The second-order valence-corrected chi connectivity index (χ2v) is 3.25. The lowest BCUT2D eigenvalue weighted by molar-refractivity contribution is 0.771. The molecule has 0 spiro atoms. The van der Waals surface area contributed by atoms with E-state index in [1.165, 1.54) is 0 Å². The predicted octanol–water partition coefficient (Wildman–Crippen LogP) is 0.309. The Morgan fingerprint density at radius 1 is 1.77 bits per heavy atom. The summed E-state index contributed by atoms with van der Waals surface area (Å²) in [6.45, 7) is 0. The molecule has 1 heterocycles. The third-order valence-corrected chi connectivity index (χ3v) is 1.84. The van der Waals surface area contributed by atoms with Gasteiger partial charge in [-0.1, -0.05) is 0 Å². The van der Waals surface area contributed by atoms with Crippen molar-refractivity contribution in [3.8, 4) is 0 Å². The van der Waals surface area contributed by atoms with E-state index in [2.05, 4.69) is 15.4 Å². The van der Waals surface area contributed by atoms with Crippen LogP contribution in [0.4, 0.5) is 5.82 Å². The fourth-order valence-corrected chi connectivity index (χ4v) is 1.05. The number of rotatable bonds is 2. The van der Waals surface area contributed by atoms with E-state index in [1.54, 1.807) is 4.68 Å². The second kappa shape index (κ2) is 3.08. The Kier molecular flexibility index (Phi) is 1.92. The lowest BCUT2D eigenvalue weighted by atomic mass is 10.6. The highest BCUT2D eigenvalue weighted by molar-refractivity contribution is 5.91. The van der Waals surface area contributed by atoms with Crippen molar-refractivity contribution in [3.05, 3.63) is 12.3 Å². The van der Waals surface area contributed by atoms with Gasteiger partial charge in [0.1, 0.15) is 0 Å². The fourth-order valence-electron chi connectivity index (χ4n) is 1.05. The topological polar surface area (TPSA) is 68.2 Å². The van der Waals surface area contributed by atoms with Gasteiger partial charge >= 0.3 is 0 Å². The highest BCUT2D eigenvalue weighted by Crippen LogP contribution is 2.23. The Labute approximate surface area is 76.6 Å². The number of aromatic nitrogens is 2. The van der Waals surface area contributed by atoms with Gasteiger partial charge in [0.25, 0.3) is 0 Å². The Balaban J connectivity index is 1.96. The zero-order valence-corrected chi connectivity index (χ0v) is 7.57. The Bertz CT molecular complexity index is 323. The van der Waals surface area contributed by atoms with Gasteiger partial charge in [0.2, 0.25) is 0 Å². The van der Waals surface area contributed by atoms with Crippen molar-refractivity contribution in [1.82, 2.24) is 9.78 Å². The molecule has 1 aliphatic carbocycles. The van der Waals surface area contributed by atoms with Crippen LogP contribution in [0.3, 0.4) is 0 Å². The third-order valence-electron chi connectivity index (χ3n) is 1.84. The van der Waals surface area contributed by atoms with Crippen molar-refractivity contribution < 1.29 is 0 Å². The van der Waals surface area contributed by atoms with Gasteiger partial charge in [-0.2, -0.15) is 5.10 Å². The third kappa shape index (κ3) is 2.21. The lowest BCUT2D eigenvalue weighted by Crippen LogP contribution is -2.23. The minimum absolute atomic E-state index is 0.441. The van der Waals surface area contributed by atoms with Gasteiger partial charge in [-0.15, -0.1) is 0 Å². The molecule has 0 bridgehead atoms.